The molecule has 0 aliphatic heterocycles. The van der Waals surface area contributed by atoms with E-state index in [0.29, 0.717) is 11.7 Å². The van der Waals surface area contributed by atoms with E-state index in [-0.39, 0.29) is 18.0 Å². The molecule has 0 aliphatic rings. The van der Waals surface area contributed by atoms with Gasteiger partial charge in [-0.15, -0.1) is 0 Å². The first-order valence-corrected chi connectivity index (χ1v) is 9.95. The minimum absolute atomic E-state index is 0.267. The highest BCUT2D eigenvalue weighted by molar-refractivity contribution is 7.22. The van der Waals surface area contributed by atoms with Gasteiger partial charge in [0.2, 0.25) is 0 Å². The van der Waals surface area contributed by atoms with Crippen LogP contribution in [-0.2, 0) is 6.54 Å². The summed E-state index contributed by atoms with van der Waals surface area (Å²) in [5, 5.41) is 0.534. The molecule has 0 saturated carbocycles. The van der Waals surface area contributed by atoms with E-state index in [1.165, 1.54) is 29.5 Å². The number of hydrogen-bond donors (Lipinski definition) is 0. The third kappa shape index (κ3) is 4.25. The van der Waals surface area contributed by atoms with Crippen molar-refractivity contribution in [2.24, 2.45) is 0 Å². The lowest BCUT2D eigenvalue weighted by Gasteiger charge is -2.20. The van der Waals surface area contributed by atoms with Gasteiger partial charge in [-0.3, -0.25) is 14.7 Å². The maximum absolute atomic E-state index is 13.7. The van der Waals surface area contributed by atoms with Gasteiger partial charge in [-0.25, -0.2) is 9.37 Å². The summed E-state index contributed by atoms with van der Waals surface area (Å²) in [6, 6.07) is 15.0. The van der Waals surface area contributed by atoms with Crippen LogP contribution in [0.1, 0.15) is 22.8 Å². The van der Waals surface area contributed by atoms with Crippen molar-refractivity contribution in [1.82, 2.24) is 9.97 Å². The molecule has 0 fully saturated rings. The standard InChI is InChI=1S/C22H18FN3O2S/c1-2-28-18-8-9-19-20(12-18)29-22(25-19)26(14-15-5-4-10-24-13-15)21(27)16-6-3-7-17(23)11-16/h3-13H,2,14H2,1H3. The highest BCUT2D eigenvalue weighted by Gasteiger charge is 2.22. The summed E-state index contributed by atoms with van der Waals surface area (Å²) < 4.78 is 20.2. The molecule has 4 aromatic rings. The van der Waals surface area contributed by atoms with Crippen LogP contribution >= 0.6 is 11.3 Å². The largest absolute Gasteiger partial charge is 0.494 e. The monoisotopic (exact) mass is 407 g/mol. The molecule has 0 atom stereocenters. The number of anilines is 1. The smallest absolute Gasteiger partial charge is 0.260 e. The maximum Gasteiger partial charge on any atom is 0.260 e. The molecule has 4 rings (SSSR count). The van der Waals surface area contributed by atoms with Gasteiger partial charge in [0.05, 0.1) is 23.4 Å². The van der Waals surface area contributed by atoms with Gasteiger partial charge >= 0.3 is 0 Å². The van der Waals surface area contributed by atoms with E-state index >= 15 is 0 Å². The van der Waals surface area contributed by atoms with Crippen LogP contribution in [0.4, 0.5) is 9.52 Å². The van der Waals surface area contributed by atoms with E-state index in [2.05, 4.69) is 9.97 Å². The SMILES string of the molecule is CCOc1ccc2nc(N(Cc3cccnc3)C(=O)c3cccc(F)c3)sc2c1. The number of fused-ring (bicyclic) bond motifs is 1. The Hall–Kier alpha value is -3.32. The number of aromatic nitrogens is 2. The number of amides is 1. The number of thiazole rings is 1. The number of nitrogens with zero attached hydrogens (tertiary/aromatic N) is 3. The molecule has 5 nitrogen and oxygen atoms in total. The molecular weight excluding hydrogens is 389 g/mol. The van der Waals surface area contributed by atoms with Crippen molar-refractivity contribution in [1.29, 1.82) is 0 Å². The fraction of sp³-hybridized carbons (Fsp3) is 0.136. The van der Waals surface area contributed by atoms with Crippen LogP contribution in [-0.4, -0.2) is 22.5 Å². The van der Waals surface area contributed by atoms with Crippen LogP contribution in [0.2, 0.25) is 0 Å². The molecule has 29 heavy (non-hydrogen) atoms. The molecule has 146 valence electrons. The molecule has 2 aromatic heterocycles. The van der Waals surface area contributed by atoms with Crippen LogP contribution in [0.25, 0.3) is 10.2 Å². The zero-order valence-corrected chi connectivity index (χ0v) is 16.5. The topological polar surface area (TPSA) is 55.3 Å². The molecule has 0 bridgehead atoms. The van der Waals surface area contributed by atoms with E-state index in [1.54, 1.807) is 23.4 Å². The van der Waals surface area contributed by atoms with Crippen molar-refractivity contribution in [2.75, 3.05) is 11.5 Å². The average Bonchev–Trinajstić information content (AvgIpc) is 3.15. The van der Waals surface area contributed by atoms with Gasteiger partial charge in [0.15, 0.2) is 5.13 Å². The summed E-state index contributed by atoms with van der Waals surface area (Å²) in [6.45, 7) is 2.78. The Morgan fingerprint density at radius 1 is 1.17 bits per heavy atom. The van der Waals surface area contributed by atoms with Crippen molar-refractivity contribution in [2.45, 2.75) is 13.5 Å². The predicted octanol–water partition coefficient (Wildman–Crippen LogP) is 5.08. The number of pyridine rings is 1. The molecular formula is C22H18FN3O2S. The number of rotatable bonds is 6. The molecule has 7 heteroatoms. The fourth-order valence-electron chi connectivity index (χ4n) is 2.94. The Bertz CT molecular complexity index is 1150. The van der Waals surface area contributed by atoms with E-state index in [4.69, 9.17) is 4.74 Å². The fourth-order valence-corrected chi connectivity index (χ4v) is 3.93. The molecule has 0 spiro atoms. The van der Waals surface area contributed by atoms with Gasteiger partial charge < -0.3 is 4.74 Å². The first kappa shape index (κ1) is 19.0. The average molecular weight is 407 g/mol. The summed E-state index contributed by atoms with van der Waals surface area (Å²) in [6.07, 6.45) is 3.38. The number of benzene rings is 2. The predicted molar refractivity (Wildman–Crippen MR) is 112 cm³/mol. The summed E-state index contributed by atoms with van der Waals surface area (Å²) in [7, 11) is 0. The molecule has 2 aromatic carbocycles. The normalized spacial score (nSPS) is 10.8. The molecule has 0 unspecified atom stereocenters. The maximum atomic E-state index is 13.7. The molecule has 0 saturated heterocycles. The van der Waals surface area contributed by atoms with Gasteiger partial charge in [-0.05, 0) is 55.0 Å². The molecule has 1 amide bonds. The van der Waals surface area contributed by atoms with Gasteiger partial charge in [-0.1, -0.05) is 23.5 Å². The van der Waals surface area contributed by atoms with Crippen LogP contribution < -0.4 is 9.64 Å². The minimum Gasteiger partial charge on any atom is -0.494 e. The Kier molecular flexibility index (Phi) is 5.48. The van der Waals surface area contributed by atoms with Crippen molar-refractivity contribution < 1.29 is 13.9 Å². The quantitative estimate of drug-likeness (QED) is 0.447. The van der Waals surface area contributed by atoms with Gasteiger partial charge in [0, 0.05) is 18.0 Å². The molecule has 2 heterocycles. The van der Waals surface area contributed by atoms with Crippen LogP contribution in [0.5, 0.6) is 5.75 Å². The molecule has 0 N–H and O–H groups in total. The van der Waals surface area contributed by atoms with Gasteiger partial charge in [-0.2, -0.15) is 0 Å². The summed E-state index contributed by atoms with van der Waals surface area (Å²) in [5.74, 6) is -0.0225. The number of carbonyl (C=O) groups is 1. The second kappa shape index (κ2) is 8.36. The van der Waals surface area contributed by atoms with Gasteiger partial charge in [0.1, 0.15) is 11.6 Å². The summed E-state index contributed by atoms with van der Waals surface area (Å²) >= 11 is 1.39. The van der Waals surface area contributed by atoms with Crippen molar-refractivity contribution >= 4 is 32.6 Å². The molecule has 0 radical (unpaired) electrons. The van der Waals surface area contributed by atoms with Gasteiger partial charge in [0.25, 0.3) is 5.91 Å². The van der Waals surface area contributed by atoms with Crippen molar-refractivity contribution in [3.63, 3.8) is 0 Å². The lowest BCUT2D eigenvalue weighted by molar-refractivity contribution is 0.0984. The Morgan fingerprint density at radius 2 is 2.07 bits per heavy atom. The Balaban J connectivity index is 1.75. The molecule has 0 aliphatic carbocycles. The van der Waals surface area contributed by atoms with E-state index in [9.17, 15) is 9.18 Å². The third-order valence-corrected chi connectivity index (χ3v) is 5.31. The summed E-state index contributed by atoms with van der Waals surface area (Å²) in [4.78, 5) is 23.5. The summed E-state index contributed by atoms with van der Waals surface area (Å²) in [5.41, 5.74) is 1.89. The second-order valence-electron chi connectivity index (χ2n) is 6.32. The van der Waals surface area contributed by atoms with Crippen molar-refractivity contribution in [3.8, 4) is 5.75 Å². The van der Waals surface area contributed by atoms with Crippen LogP contribution in [0, 0.1) is 5.82 Å². The zero-order valence-electron chi connectivity index (χ0n) is 15.7. The highest BCUT2D eigenvalue weighted by Crippen LogP contribution is 2.33. The highest BCUT2D eigenvalue weighted by atomic mass is 32.1. The lowest BCUT2D eigenvalue weighted by atomic mass is 10.2. The van der Waals surface area contributed by atoms with E-state index < -0.39 is 5.82 Å². The number of ether oxygens (including phenoxy) is 1. The number of carbonyl (C=O) groups excluding carboxylic acids is 1. The van der Waals surface area contributed by atoms with E-state index in [0.717, 1.165) is 21.5 Å². The van der Waals surface area contributed by atoms with Crippen molar-refractivity contribution in [3.05, 3.63) is 83.9 Å². The minimum atomic E-state index is -0.456. The first-order valence-electron chi connectivity index (χ1n) is 9.14. The Morgan fingerprint density at radius 3 is 2.83 bits per heavy atom. The van der Waals surface area contributed by atoms with Crippen LogP contribution in [0.15, 0.2) is 67.0 Å². The second-order valence-corrected chi connectivity index (χ2v) is 7.33. The van der Waals surface area contributed by atoms with E-state index in [1.807, 2.05) is 37.3 Å². The number of halogens is 1. The van der Waals surface area contributed by atoms with Crippen LogP contribution in [0.3, 0.4) is 0 Å². The number of hydrogen-bond acceptors (Lipinski definition) is 5. The first-order chi connectivity index (χ1) is 14.1. The lowest BCUT2D eigenvalue weighted by Crippen LogP contribution is -2.30. The Labute approximate surface area is 171 Å². The zero-order chi connectivity index (χ0) is 20.2. The third-order valence-electron chi connectivity index (χ3n) is 4.27.